The van der Waals surface area contributed by atoms with Crippen molar-refractivity contribution in [1.82, 2.24) is 0 Å². The molecule has 1 aromatic carbocycles. The Kier molecular flexibility index (Phi) is 10.5. The van der Waals surface area contributed by atoms with Gasteiger partial charge in [0.15, 0.2) is 6.29 Å². The summed E-state index contributed by atoms with van der Waals surface area (Å²) in [6.45, 7) is 20.6. The Morgan fingerprint density at radius 1 is 1.09 bits per heavy atom. The van der Waals surface area contributed by atoms with Crippen molar-refractivity contribution in [2.24, 2.45) is 10.8 Å². The van der Waals surface area contributed by atoms with E-state index in [0.29, 0.717) is 5.92 Å². The first kappa shape index (κ1) is 27.4. The van der Waals surface area contributed by atoms with E-state index in [1.54, 1.807) is 0 Å². The van der Waals surface area contributed by atoms with Crippen LogP contribution in [-0.4, -0.2) is 12.9 Å². The molecule has 3 unspecified atom stereocenters. The summed E-state index contributed by atoms with van der Waals surface area (Å²) < 4.78 is 12.7. The molecule has 0 N–H and O–H groups in total. The Morgan fingerprint density at radius 3 is 2.33 bits per heavy atom. The van der Waals surface area contributed by atoms with Crippen molar-refractivity contribution < 1.29 is 9.47 Å². The van der Waals surface area contributed by atoms with Gasteiger partial charge in [-0.15, -0.1) is 0 Å². The second-order valence-corrected chi connectivity index (χ2v) is 11.0. The van der Waals surface area contributed by atoms with Crippen LogP contribution in [-0.2, 0) is 4.74 Å². The van der Waals surface area contributed by atoms with E-state index >= 15 is 0 Å². The SMILES string of the molecule is C=CC1=C(/C=C\C)CCC(CCC)(CC(OCCC)Oc2ccc(C(C)C(C)(C)C)cc2)C1. The molecule has 1 aliphatic rings. The Bertz CT molecular complexity index is 793. The first-order valence-electron chi connectivity index (χ1n) is 13.0. The maximum atomic E-state index is 6.48. The highest BCUT2D eigenvalue weighted by Gasteiger charge is 2.37. The van der Waals surface area contributed by atoms with Crippen LogP contribution in [0.4, 0.5) is 0 Å². The third kappa shape index (κ3) is 7.88. The van der Waals surface area contributed by atoms with Gasteiger partial charge >= 0.3 is 0 Å². The Balaban J connectivity index is 2.22. The summed E-state index contributed by atoms with van der Waals surface area (Å²) in [7, 11) is 0. The molecule has 0 saturated carbocycles. The van der Waals surface area contributed by atoms with E-state index in [2.05, 4.69) is 97.5 Å². The highest BCUT2D eigenvalue weighted by Crippen LogP contribution is 2.47. The van der Waals surface area contributed by atoms with Crippen LogP contribution >= 0.6 is 0 Å². The zero-order valence-corrected chi connectivity index (χ0v) is 22.4. The van der Waals surface area contributed by atoms with Crippen LogP contribution in [0.2, 0.25) is 0 Å². The first-order chi connectivity index (χ1) is 15.7. The molecule has 0 spiro atoms. The Hall–Kier alpha value is -1.80. The van der Waals surface area contributed by atoms with Crippen LogP contribution in [0.3, 0.4) is 0 Å². The largest absolute Gasteiger partial charge is 0.465 e. The molecule has 0 fully saturated rings. The van der Waals surface area contributed by atoms with Gasteiger partial charge in [0, 0.05) is 6.42 Å². The lowest BCUT2D eigenvalue weighted by Gasteiger charge is -2.40. The maximum Gasteiger partial charge on any atom is 0.200 e. The number of rotatable bonds is 12. The molecule has 3 atom stereocenters. The van der Waals surface area contributed by atoms with Gasteiger partial charge in [0.1, 0.15) is 5.75 Å². The van der Waals surface area contributed by atoms with Crippen LogP contribution in [0.15, 0.2) is 60.2 Å². The van der Waals surface area contributed by atoms with E-state index in [0.717, 1.165) is 38.0 Å². The quantitative estimate of drug-likeness (QED) is 0.294. The van der Waals surface area contributed by atoms with Gasteiger partial charge in [0.2, 0.25) is 0 Å². The predicted octanol–water partition coefficient (Wildman–Crippen LogP) is 9.39. The van der Waals surface area contributed by atoms with Crippen LogP contribution < -0.4 is 4.74 Å². The third-order valence-electron chi connectivity index (χ3n) is 7.35. The van der Waals surface area contributed by atoms with E-state index < -0.39 is 0 Å². The molecule has 1 aromatic rings. The van der Waals surface area contributed by atoms with Gasteiger partial charge in [-0.25, -0.2) is 0 Å². The topological polar surface area (TPSA) is 18.5 Å². The molecule has 0 bridgehead atoms. The molecule has 33 heavy (non-hydrogen) atoms. The predicted molar refractivity (Wildman–Crippen MR) is 143 cm³/mol. The molecule has 2 rings (SSSR count). The van der Waals surface area contributed by atoms with Gasteiger partial charge < -0.3 is 9.47 Å². The summed E-state index contributed by atoms with van der Waals surface area (Å²) in [5.41, 5.74) is 4.62. The van der Waals surface area contributed by atoms with Crippen molar-refractivity contribution in [3.8, 4) is 5.75 Å². The summed E-state index contributed by atoms with van der Waals surface area (Å²) in [5.74, 6) is 1.39. The summed E-state index contributed by atoms with van der Waals surface area (Å²) in [6, 6.07) is 8.66. The van der Waals surface area contributed by atoms with E-state index in [1.807, 2.05) is 0 Å². The van der Waals surface area contributed by atoms with Crippen LogP contribution in [0.1, 0.15) is 105 Å². The molecule has 0 aliphatic heterocycles. The second-order valence-electron chi connectivity index (χ2n) is 11.0. The van der Waals surface area contributed by atoms with Crippen molar-refractivity contribution in [1.29, 1.82) is 0 Å². The minimum Gasteiger partial charge on any atom is -0.465 e. The smallest absolute Gasteiger partial charge is 0.200 e. The van der Waals surface area contributed by atoms with Gasteiger partial charge in [0.05, 0.1) is 6.61 Å². The fourth-order valence-corrected chi connectivity index (χ4v) is 5.01. The fourth-order valence-electron chi connectivity index (χ4n) is 5.01. The molecule has 0 amide bonds. The maximum absolute atomic E-state index is 6.48. The van der Waals surface area contributed by atoms with E-state index in [1.165, 1.54) is 36.0 Å². The number of hydrogen-bond acceptors (Lipinski definition) is 2. The summed E-state index contributed by atoms with van der Waals surface area (Å²) in [5, 5.41) is 0. The zero-order chi connectivity index (χ0) is 24.5. The zero-order valence-electron chi connectivity index (χ0n) is 22.4. The van der Waals surface area contributed by atoms with Crippen LogP contribution in [0.5, 0.6) is 5.75 Å². The molecule has 2 heteroatoms. The normalized spacial score (nSPS) is 21.3. The van der Waals surface area contributed by atoms with E-state index in [4.69, 9.17) is 9.47 Å². The third-order valence-corrected chi connectivity index (χ3v) is 7.35. The lowest BCUT2D eigenvalue weighted by Crippen LogP contribution is -2.34. The standard InChI is InChI=1S/C31H48O2/c1-9-13-27-18-20-31(19-10-2,22-25(27)12-4)23-29(32-21-11-3)33-28-16-14-26(15-17-28)24(5)30(6,7)8/h9,12-17,24,29H,4,10-11,18-23H2,1-3,5-8H3/b13-9-. The molecule has 1 aliphatic carbocycles. The van der Waals surface area contributed by atoms with E-state index in [9.17, 15) is 0 Å². The van der Waals surface area contributed by atoms with Gasteiger partial charge in [0.25, 0.3) is 0 Å². The Labute approximate surface area is 204 Å². The average molecular weight is 453 g/mol. The molecule has 184 valence electrons. The number of ether oxygens (including phenoxy) is 2. The molecule has 0 aromatic heterocycles. The van der Waals surface area contributed by atoms with Crippen molar-refractivity contribution in [3.05, 3.63) is 65.8 Å². The number of hydrogen-bond donors (Lipinski definition) is 0. The second kappa shape index (κ2) is 12.6. The lowest BCUT2D eigenvalue weighted by molar-refractivity contribution is -0.108. The highest BCUT2D eigenvalue weighted by atomic mass is 16.7. The van der Waals surface area contributed by atoms with Gasteiger partial charge in [-0.1, -0.05) is 84.9 Å². The number of benzene rings is 1. The average Bonchev–Trinajstić information content (AvgIpc) is 2.78. The monoisotopic (exact) mass is 452 g/mol. The summed E-state index contributed by atoms with van der Waals surface area (Å²) in [4.78, 5) is 0. The van der Waals surface area contributed by atoms with Gasteiger partial charge in [-0.3, -0.25) is 0 Å². The highest BCUT2D eigenvalue weighted by molar-refractivity contribution is 5.35. The molecular weight excluding hydrogens is 404 g/mol. The van der Waals surface area contributed by atoms with Crippen LogP contribution in [0.25, 0.3) is 0 Å². The van der Waals surface area contributed by atoms with Gasteiger partial charge in [-0.2, -0.15) is 0 Å². The summed E-state index contributed by atoms with van der Waals surface area (Å²) >= 11 is 0. The Morgan fingerprint density at radius 2 is 1.79 bits per heavy atom. The number of allylic oxidation sites excluding steroid dienone is 5. The van der Waals surface area contributed by atoms with Crippen LogP contribution in [0, 0.1) is 10.8 Å². The van der Waals surface area contributed by atoms with E-state index in [-0.39, 0.29) is 17.1 Å². The minimum atomic E-state index is -0.225. The fraction of sp³-hybridized carbons (Fsp3) is 0.613. The van der Waals surface area contributed by atoms with Crippen molar-refractivity contribution in [3.63, 3.8) is 0 Å². The molecule has 0 saturated heterocycles. The first-order valence-corrected chi connectivity index (χ1v) is 13.0. The lowest BCUT2D eigenvalue weighted by atomic mass is 9.67. The molecule has 0 heterocycles. The van der Waals surface area contributed by atoms with Crippen molar-refractivity contribution >= 4 is 0 Å². The molecule has 0 radical (unpaired) electrons. The minimum absolute atomic E-state index is 0.197. The molecular formula is C31H48O2. The van der Waals surface area contributed by atoms with Crippen molar-refractivity contribution in [2.45, 2.75) is 106 Å². The summed E-state index contributed by atoms with van der Waals surface area (Å²) in [6.07, 6.45) is 13.8. The van der Waals surface area contributed by atoms with Gasteiger partial charge in [-0.05, 0) is 84.6 Å². The molecule has 2 nitrogen and oxygen atoms in total. The van der Waals surface area contributed by atoms with Crippen molar-refractivity contribution in [2.75, 3.05) is 6.61 Å².